The van der Waals surface area contributed by atoms with Gasteiger partial charge in [0, 0.05) is 5.41 Å². The maximum atomic E-state index is 9.39. The highest BCUT2D eigenvalue weighted by Gasteiger charge is 2.22. The average Bonchev–Trinajstić information content (AvgIpc) is 2.59. The van der Waals surface area contributed by atoms with Gasteiger partial charge < -0.3 is 10.6 Å². The molecule has 0 aliphatic heterocycles. The SMILES string of the molecule is CC.CC.CC(C)c1ccc(C(C)(C)c2ccc(O)cc2)cc1.O. The molecule has 0 bridgehead atoms. The molecular formula is C22H36O2. The summed E-state index contributed by atoms with van der Waals surface area (Å²) < 4.78 is 0. The lowest BCUT2D eigenvalue weighted by molar-refractivity contribution is 0.474. The minimum atomic E-state index is -0.0524. The Morgan fingerprint density at radius 3 is 1.38 bits per heavy atom. The Morgan fingerprint density at radius 2 is 1.04 bits per heavy atom. The molecular weight excluding hydrogens is 296 g/mol. The largest absolute Gasteiger partial charge is 0.508 e. The fourth-order valence-corrected chi connectivity index (χ4v) is 2.33. The van der Waals surface area contributed by atoms with Crippen LogP contribution in [0.5, 0.6) is 5.75 Å². The molecule has 0 aliphatic rings. The Labute approximate surface area is 148 Å². The second kappa shape index (κ2) is 11.7. The van der Waals surface area contributed by atoms with Gasteiger partial charge in [-0.25, -0.2) is 0 Å². The van der Waals surface area contributed by atoms with Crippen LogP contribution in [0, 0.1) is 0 Å². The second-order valence-corrected chi connectivity index (χ2v) is 5.95. The maximum Gasteiger partial charge on any atom is 0.115 e. The Kier molecular flexibility index (Phi) is 11.9. The van der Waals surface area contributed by atoms with Crippen molar-refractivity contribution in [3.63, 3.8) is 0 Å². The fraction of sp³-hybridized carbons (Fsp3) is 0.455. The monoisotopic (exact) mass is 332 g/mol. The summed E-state index contributed by atoms with van der Waals surface area (Å²) in [4.78, 5) is 0. The van der Waals surface area contributed by atoms with Crippen LogP contribution in [0.2, 0.25) is 0 Å². The van der Waals surface area contributed by atoms with Crippen molar-refractivity contribution in [1.82, 2.24) is 0 Å². The lowest BCUT2D eigenvalue weighted by Gasteiger charge is -2.26. The zero-order valence-electron chi connectivity index (χ0n) is 16.6. The molecule has 24 heavy (non-hydrogen) atoms. The van der Waals surface area contributed by atoms with Gasteiger partial charge >= 0.3 is 0 Å². The van der Waals surface area contributed by atoms with Crippen molar-refractivity contribution in [2.24, 2.45) is 0 Å². The number of phenols is 1. The maximum absolute atomic E-state index is 9.39. The predicted molar refractivity (Wildman–Crippen MR) is 107 cm³/mol. The molecule has 0 aliphatic carbocycles. The van der Waals surface area contributed by atoms with Gasteiger partial charge in [0.15, 0.2) is 0 Å². The molecule has 2 heteroatoms. The van der Waals surface area contributed by atoms with Crippen molar-refractivity contribution in [2.75, 3.05) is 0 Å². The van der Waals surface area contributed by atoms with Gasteiger partial charge in [-0.15, -0.1) is 0 Å². The Balaban J connectivity index is 0. The van der Waals surface area contributed by atoms with E-state index in [1.54, 1.807) is 12.1 Å². The van der Waals surface area contributed by atoms with E-state index in [0.29, 0.717) is 11.7 Å². The van der Waals surface area contributed by atoms with Crippen LogP contribution in [-0.4, -0.2) is 10.6 Å². The van der Waals surface area contributed by atoms with Gasteiger partial charge in [-0.1, -0.05) is 91.8 Å². The summed E-state index contributed by atoms with van der Waals surface area (Å²) in [5.74, 6) is 0.876. The molecule has 0 radical (unpaired) electrons. The molecule has 3 N–H and O–H groups in total. The van der Waals surface area contributed by atoms with Gasteiger partial charge in [0.2, 0.25) is 0 Å². The normalized spacial score (nSPS) is 9.88. The first kappa shape index (κ1) is 24.5. The molecule has 2 aromatic rings. The third-order valence-electron chi connectivity index (χ3n) is 3.89. The zero-order valence-corrected chi connectivity index (χ0v) is 16.6. The van der Waals surface area contributed by atoms with E-state index < -0.39 is 0 Å². The molecule has 2 rings (SSSR count). The zero-order chi connectivity index (χ0) is 18.0. The Morgan fingerprint density at radius 1 is 0.708 bits per heavy atom. The number of phenolic OH excluding ortho intramolecular Hbond substituents is 1. The summed E-state index contributed by atoms with van der Waals surface area (Å²) in [6.45, 7) is 16.8. The molecule has 0 unspecified atom stereocenters. The molecule has 0 heterocycles. The molecule has 2 nitrogen and oxygen atoms in total. The predicted octanol–water partition coefficient (Wildman–Crippen LogP) is 6.07. The van der Waals surface area contributed by atoms with Crippen LogP contribution >= 0.6 is 0 Å². The van der Waals surface area contributed by atoms with E-state index in [1.807, 2.05) is 39.8 Å². The minimum absolute atomic E-state index is 0. The van der Waals surface area contributed by atoms with Gasteiger partial charge in [-0.05, 0) is 34.7 Å². The molecule has 0 spiro atoms. The van der Waals surface area contributed by atoms with Gasteiger partial charge in [0.25, 0.3) is 0 Å². The molecule has 0 atom stereocenters. The summed E-state index contributed by atoms with van der Waals surface area (Å²) >= 11 is 0. The highest BCUT2D eigenvalue weighted by molar-refractivity contribution is 5.40. The van der Waals surface area contributed by atoms with E-state index in [1.165, 1.54) is 16.7 Å². The molecule has 0 fully saturated rings. The van der Waals surface area contributed by atoms with Gasteiger partial charge in [0.05, 0.1) is 0 Å². The second-order valence-electron chi connectivity index (χ2n) is 5.95. The topological polar surface area (TPSA) is 51.7 Å². The van der Waals surface area contributed by atoms with E-state index in [4.69, 9.17) is 0 Å². The van der Waals surface area contributed by atoms with E-state index in [9.17, 15) is 5.11 Å². The summed E-state index contributed by atoms with van der Waals surface area (Å²) in [5.41, 5.74) is 3.82. The first-order valence-corrected chi connectivity index (χ1v) is 8.81. The van der Waals surface area contributed by atoms with Gasteiger partial charge in [-0.3, -0.25) is 0 Å². The highest BCUT2D eigenvalue weighted by atomic mass is 16.3. The molecule has 0 amide bonds. The summed E-state index contributed by atoms with van der Waals surface area (Å²) in [6.07, 6.45) is 0. The first-order chi connectivity index (χ1) is 10.9. The van der Waals surface area contributed by atoms with Crippen LogP contribution in [0.3, 0.4) is 0 Å². The van der Waals surface area contributed by atoms with Crippen molar-refractivity contribution in [1.29, 1.82) is 0 Å². The molecule has 136 valence electrons. The van der Waals surface area contributed by atoms with Gasteiger partial charge in [-0.2, -0.15) is 0 Å². The Hall–Kier alpha value is -1.80. The standard InChI is InChI=1S/C18H22O.2C2H6.H2O/c1-13(2)14-5-7-15(8-6-14)18(3,4)16-9-11-17(19)12-10-16;2*1-2;/h5-13,19H,1-4H3;2*1-2H3;1H2. The van der Waals surface area contributed by atoms with Crippen molar-refractivity contribution >= 4 is 0 Å². The Bertz CT molecular complexity index is 537. The van der Waals surface area contributed by atoms with E-state index in [2.05, 4.69) is 52.0 Å². The lowest BCUT2D eigenvalue weighted by atomic mass is 9.77. The smallest absolute Gasteiger partial charge is 0.115 e. The molecule has 0 saturated carbocycles. The third-order valence-corrected chi connectivity index (χ3v) is 3.89. The molecule has 0 aromatic heterocycles. The van der Waals surface area contributed by atoms with Crippen LogP contribution in [0.25, 0.3) is 0 Å². The lowest BCUT2D eigenvalue weighted by Crippen LogP contribution is -2.18. The van der Waals surface area contributed by atoms with E-state index >= 15 is 0 Å². The van der Waals surface area contributed by atoms with Gasteiger partial charge in [0.1, 0.15) is 5.75 Å². The number of benzene rings is 2. The number of rotatable bonds is 3. The quantitative estimate of drug-likeness (QED) is 0.728. The van der Waals surface area contributed by atoms with Crippen LogP contribution in [0.4, 0.5) is 0 Å². The van der Waals surface area contributed by atoms with E-state index in [0.717, 1.165) is 0 Å². The summed E-state index contributed by atoms with van der Waals surface area (Å²) in [6, 6.07) is 16.3. The van der Waals surface area contributed by atoms with Crippen molar-refractivity contribution in [2.45, 2.75) is 66.7 Å². The van der Waals surface area contributed by atoms with Crippen molar-refractivity contribution in [3.8, 4) is 5.75 Å². The van der Waals surface area contributed by atoms with Crippen LogP contribution in [0.1, 0.15) is 78.0 Å². The number of aromatic hydroxyl groups is 1. The van der Waals surface area contributed by atoms with Crippen LogP contribution < -0.4 is 0 Å². The summed E-state index contributed by atoms with van der Waals surface area (Å²) in [7, 11) is 0. The summed E-state index contributed by atoms with van der Waals surface area (Å²) in [5, 5.41) is 9.39. The van der Waals surface area contributed by atoms with E-state index in [-0.39, 0.29) is 10.9 Å². The first-order valence-electron chi connectivity index (χ1n) is 8.81. The highest BCUT2D eigenvalue weighted by Crippen LogP contribution is 2.32. The molecule has 2 aromatic carbocycles. The fourth-order valence-electron chi connectivity index (χ4n) is 2.33. The third kappa shape index (κ3) is 6.37. The van der Waals surface area contributed by atoms with Crippen LogP contribution in [-0.2, 0) is 5.41 Å². The number of hydrogen-bond donors (Lipinski definition) is 1. The average molecular weight is 333 g/mol. The number of hydrogen-bond acceptors (Lipinski definition) is 1. The van der Waals surface area contributed by atoms with Crippen LogP contribution in [0.15, 0.2) is 48.5 Å². The molecule has 0 saturated heterocycles. The minimum Gasteiger partial charge on any atom is -0.508 e. The van der Waals surface area contributed by atoms with Crippen molar-refractivity contribution in [3.05, 3.63) is 65.2 Å². The van der Waals surface area contributed by atoms with Crippen molar-refractivity contribution < 1.29 is 10.6 Å².